The normalized spacial score (nSPS) is 21.0. The van der Waals surface area contributed by atoms with E-state index in [1.54, 1.807) is 0 Å². The number of aromatic amines is 1. The summed E-state index contributed by atoms with van der Waals surface area (Å²) in [6.45, 7) is 1.35. The second-order valence-corrected chi connectivity index (χ2v) is 8.38. The minimum Gasteiger partial charge on any atom is -0.361 e. The van der Waals surface area contributed by atoms with Gasteiger partial charge in [-0.15, -0.1) is 0 Å². The maximum Gasteiger partial charge on any atom is 0.225 e. The molecule has 2 aliphatic rings. The molecule has 0 bridgehead atoms. The summed E-state index contributed by atoms with van der Waals surface area (Å²) in [5, 5.41) is 4.43. The van der Waals surface area contributed by atoms with Gasteiger partial charge < -0.3 is 15.2 Å². The number of hydrogen-bond donors (Lipinski definition) is 2. The van der Waals surface area contributed by atoms with E-state index in [0.717, 1.165) is 44.2 Å². The van der Waals surface area contributed by atoms with Gasteiger partial charge in [0.25, 0.3) is 0 Å². The molecule has 5 heteroatoms. The standard InChI is InChI=1S/C23H31N3O2/c27-22(13-12-17-15-24-21-11-5-4-10-20(17)21)26-14-6-7-18(16-26)23(28)25-19-8-2-1-3-9-19/h4-5,10-11,15,18-19,24H,1-3,6-9,12-14,16H2,(H,25,28)/t18-/m1/s1. The molecule has 1 saturated carbocycles. The molecule has 2 heterocycles. The number of hydrogen-bond acceptors (Lipinski definition) is 2. The second kappa shape index (κ2) is 8.80. The molecule has 150 valence electrons. The lowest BCUT2D eigenvalue weighted by Crippen LogP contribution is -2.48. The lowest BCUT2D eigenvalue weighted by atomic mass is 9.93. The third-order valence-electron chi connectivity index (χ3n) is 6.38. The smallest absolute Gasteiger partial charge is 0.225 e. The molecule has 2 fully saturated rings. The summed E-state index contributed by atoms with van der Waals surface area (Å²) >= 11 is 0. The molecule has 2 aromatic rings. The van der Waals surface area contributed by atoms with E-state index in [-0.39, 0.29) is 17.7 Å². The van der Waals surface area contributed by atoms with Crippen molar-refractivity contribution in [1.29, 1.82) is 0 Å². The predicted octanol–water partition coefficient (Wildman–Crippen LogP) is 3.79. The summed E-state index contributed by atoms with van der Waals surface area (Å²) in [5.41, 5.74) is 2.30. The molecule has 0 radical (unpaired) electrons. The highest BCUT2D eigenvalue weighted by atomic mass is 16.2. The van der Waals surface area contributed by atoms with E-state index in [4.69, 9.17) is 0 Å². The average Bonchev–Trinajstić information content (AvgIpc) is 3.16. The Labute approximate surface area is 166 Å². The number of nitrogens with one attached hydrogen (secondary N) is 2. The molecule has 1 aliphatic carbocycles. The van der Waals surface area contributed by atoms with Crippen LogP contribution in [0.2, 0.25) is 0 Å². The molecule has 4 rings (SSSR count). The highest BCUT2D eigenvalue weighted by molar-refractivity contribution is 5.84. The first-order valence-corrected chi connectivity index (χ1v) is 10.8. The van der Waals surface area contributed by atoms with Gasteiger partial charge in [-0.05, 0) is 43.7 Å². The Balaban J connectivity index is 1.29. The number of aromatic nitrogens is 1. The first kappa shape index (κ1) is 19.0. The summed E-state index contributed by atoms with van der Waals surface area (Å²) in [6.07, 6.45) is 11.0. The van der Waals surface area contributed by atoms with Crippen molar-refractivity contribution in [3.8, 4) is 0 Å². The molecule has 1 saturated heterocycles. The molecule has 28 heavy (non-hydrogen) atoms. The van der Waals surface area contributed by atoms with Gasteiger partial charge in [0.05, 0.1) is 5.92 Å². The summed E-state index contributed by atoms with van der Waals surface area (Å²) in [5.74, 6) is 0.272. The Hall–Kier alpha value is -2.30. The van der Waals surface area contributed by atoms with Gasteiger partial charge in [0, 0.05) is 42.7 Å². The van der Waals surface area contributed by atoms with Gasteiger partial charge in [-0.1, -0.05) is 37.5 Å². The number of carbonyl (C=O) groups is 2. The van der Waals surface area contributed by atoms with Crippen molar-refractivity contribution in [3.05, 3.63) is 36.0 Å². The van der Waals surface area contributed by atoms with Crippen LogP contribution in [0, 0.1) is 5.92 Å². The van der Waals surface area contributed by atoms with Crippen LogP contribution in [0.25, 0.3) is 10.9 Å². The van der Waals surface area contributed by atoms with Crippen LogP contribution in [-0.4, -0.2) is 40.8 Å². The largest absolute Gasteiger partial charge is 0.361 e. The van der Waals surface area contributed by atoms with Gasteiger partial charge >= 0.3 is 0 Å². The van der Waals surface area contributed by atoms with Crippen LogP contribution in [0.5, 0.6) is 0 Å². The Kier molecular flexibility index (Phi) is 5.98. The lowest BCUT2D eigenvalue weighted by Gasteiger charge is -2.33. The van der Waals surface area contributed by atoms with Crippen LogP contribution in [0.3, 0.4) is 0 Å². The average molecular weight is 382 g/mol. The van der Waals surface area contributed by atoms with Crippen molar-refractivity contribution in [2.75, 3.05) is 13.1 Å². The van der Waals surface area contributed by atoms with Crippen LogP contribution in [-0.2, 0) is 16.0 Å². The molecule has 5 nitrogen and oxygen atoms in total. The van der Waals surface area contributed by atoms with Crippen LogP contribution in [0.4, 0.5) is 0 Å². The monoisotopic (exact) mass is 381 g/mol. The van der Waals surface area contributed by atoms with Crippen molar-refractivity contribution in [2.45, 2.75) is 63.8 Å². The predicted molar refractivity (Wildman–Crippen MR) is 111 cm³/mol. The molecule has 1 atom stereocenters. The highest BCUT2D eigenvalue weighted by Crippen LogP contribution is 2.23. The van der Waals surface area contributed by atoms with E-state index in [1.165, 1.54) is 30.2 Å². The molecule has 1 aromatic heterocycles. The Morgan fingerprint density at radius 2 is 1.89 bits per heavy atom. The van der Waals surface area contributed by atoms with E-state index < -0.39 is 0 Å². The van der Waals surface area contributed by atoms with Crippen molar-refractivity contribution in [1.82, 2.24) is 15.2 Å². The maximum atomic E-state index is 12.8. The minimum atomic E-state index is -0.0484. The van der Waals surface area contributed by atoms with Crippen LogP contribution < -0.4 is 5.32 Å². The third kappa shape index (κ3) is 4.40. The van der Waals surface area contributed by atoms with Gasteiger partial charge in [-0.3, -0.25) is 9.59 Å². The molecular formula is C23H31N3O2. The molecular weight excluding hydrogens is 350 g/mol. The third-order valence-corrected chi connectivity index (χ3v) is 6.38. The number of carbonyl (C=O) groups excluding carboxylic acids is 2. The lowest BCUT2D eigenvalue weighted by molar-refractivity contribution is -0.136. The van der Waals surface area contributed by atoms with Crippen molar-refractivity contribution in [3.63, 3.8) is 0 Å². The topological polar surface area (TPSA) is 65.2 Å². The number of H-pyrrole nitrogens is 1. The number of piperidine rings is 1. The number of rotatable bonds is 5. The van der Waals surface area contributed by atoms with Gasteiger partial charge in [-0.25, -0.2) is 0 Å². The zero-order valence-electron chi connectivity index (χ0n) is 16.6. The SMILES string of the molecule is O=C(NC1CCCCC1)[C@@H]1CCCN(C(=O)CCc2c[nH]c3ccccc23)C1. The Morgan fingerprint density at radius 1 is 1.07 bits per heavy atom. The number of para-hydroxylation sites is 1. The number of benzene rings is 1. The van der Waals surface area contributed by atoms with Gasteiger partial charge in [0.15, 0.2) is 0 Å². The van der Waals surface area contributed by atoms with Crippen LogP contribution in [0.15, 0.2) is 30.5 Å². The Morgan fingerprint density at radius 3 is 2.75 bits per heavy atom. The fourth-order valence-corrected chi connectivity index (χ4v) is 4.72. The van der Waals surface area contributed by atoms with Crippen LogP contribution in [0.1, 0.15) is 56.9 Å². The summed E-state index contributed by atoms with van der Waals surface area (Å²) < 4.78 is 0. The molecule has 0 unspecified atom stereocenters. The molecule has 1 aromatic carbocycles. The first-order chi connectivity index (χ1) is 13.7. The second-order valence-electron chi connectivity index (χ2n) is 8.38. The van der Waals surface area contributed by atoms with E-state index in [1.807, 2.05) is 23.2 Å². The summed E-state index contributed by atoms with van der Waals surface area (Å²) in [7, 11) is 0. The fraction of sp³-hybridized carbons (Fsp3) is 0.565. The number of nitrogens with zero attached hydrogens (tertiary/aromatic N) is 1. The number of likely N-dealkylation sites (tertiary alicyclic amines) is 1. The molecule has 2 amide bonds. The van der Waals surface area contributed by atoms with Crippen molar-refractivity contribution in [2.24, 2.45) is 5.92 Å². The zero-order chi connectivity index (χ0) is 19.3. The summed E-state index contributed by atoms with van der Waals surface area (Å²) in [4.78, 5) is 30.6. The van der Waals surface area contributed by atoms with Crippen molar-refractivity contribution < 1.29 is 9.59 Å². The van der Waals surface area contributed by atoms with E-state index in [0.29, 0.717) is 19.0 Å². The zero-order valence-corrected chi connectivity index (χ0v) is 16.6. The van der Waals surface area contributed by atoms with Crippen molar-refractivity contribution >= 4 is 22.7 Å². The number of aryl methyl sites for hydroxylation is 1. The highest BCUT2D eigenvalue weighted by Gasteiger charge is 2.29. The maximum absolute atomic E-state index is 12.8. The van der Waals surface area contributed by atoms with E-state index in [9.17, 15) is 9.59 Å². The van der Waals surface area contributed by atoms with Gasteiger partial charge in [-0.2, -0.15) is 0 Å². The molecule has 0 spiro atoms. The van der Waals surface area contributed by atoms with Gasteiger partial charge in [0.1, 0.15) is 0 Å². The summed E-state index contributed by atoms with van der Waals surface area (Å²) in [6, 6.07) is 8.54. The Bertz CT molecular complexity index is 822. The molecule has 2 N–H and O–H groups in total. The number of fused-ring (bicyclic) bond motifs is 1. The van der Waals surface area contributed by atoms with E-state index in [2.05, 4.69) is 22.4 Å². The first-order valence-electron chi connectivity index (χ1n) is 10.8. The van der Waals surface area contributed by atoms with E-state index >= 15 is 0 Å². The quantitative estimate of drug-likeness (QED) is 0.828. The molecule has 1 aliphatic heterocycles. The fourth-order valence-electron chi connectivity index (χ4n) is 4.72. The minimum absolute atomic E-state index is 0.0484. The van der Waals surface area contributed by atoms with Gasteiger partial charge in [0.2, 0.25) is 11.8 Å². The number of amides is 2. The van der Waals surface area contributed by atoms with Crippen LogP contribution >= 0.6 is 0 Å².